The van der Waals surface area contributed by atoms with E-state index in [1.807, 2.05) is 36.4 Å². The number of unbranched alkanes of at least 4 members (excludes halogenated alkanes) is 1. The number of rotatable bonds is 9. The third-order valence-corrected chi connectivity index (χ3v) is 8.01. The Labute approximate surface area is 140 Å². The first-order valence-electron chi connectivity index (χ1n) is 8.18. The van der Waals surface area contributed by atoms with Crippen LogP contribution in [0.15, 0.2) is 42.5 Å². The van der Waals surface area contributed by atoms with Crippen LogP contribution in [0.2, 0.25) is 18.6 Å². The molecular weight excluding hydrogens is 308 g/mol. The summed E-state index contributed by atoms with van der Waals surface area (Å²) in [5.74, 6) is -0.312. The second-order valence-corrected chi connectivity index (χ2v) is 10.7. The zero-order chi connectivity index (χ0) is 17.3. The minimum atomic E-state index is -2.26. The largest absolute Gasteiger partial charge is 0.466 e. The van der Waals surface area contributed by atoms with Crippen molar-refractivity contribution in [3.8, 4) is 0 Å². The molecular formula is C18H28O4Si. The second kappa shape index (κ2) is 9.65. The Morgan fingerprint density at radius 3 is 2.43 bits per heavy atom. The SMILES string of the molecule is CCC/C=C/C(OO)C(C(=O)OCC)[Si](C)(C)c1ccccc1. The third-order valence-electron chi connectivity index (χ3n) is 4.07. The number of esters is 1. The van der Waals surface area contributed by atoms with Crippen molar-refractivity contribution < 1.29 is 19.7 Å². The zero-order valence-corrected chi connectivity index (χ0v) is 15.5. The lowest BCUT2D eigenvalue weighted by Gasteiger charge is -2.34. The first-order valence-corrected chi connectivity index (χ1v) is 11.3. The van der Waals surface area contributed by atoms with Crippen LogP contribution in [0.4, 0.5) is 0 Å². The molecule has 0 aliphatic heterocycles. The van der Waals surface area contributed by atoms with Gasteiger partial charge >= 0.3 is 5.97 Å². The van der Waals surface area contributed by atoms with E-state index in [9.17, 15) is 10.1 Å². The van der Waals surface area contributed by atoms with Crippen LogP contribution in [0, 0.1) is 0 Å². The van der Waals surface area contributed by atoms with E-state index in [0.717, 1.165) is 18.0 Å². The van der Waals surface area contributed by atoms with Crippen molar-refractivity contribution in [2.45, 2.75) is 51.4 Å². The first-order chi connectivity index (χ1) is 11.0. The number of allylic oxidation sites excluding steroid dienone is 1. The fourth-order valence-corrected chi connectivity index (χ4v) is 5.80. The summed E-state index contributed by atoms with van der Waals surface area (Å²) in [6.07, 6.45) is 4.91. The average Bonchev–Trinajstić information content (AvgIpc) is 2.54. The highest BCUT2D eigenvalue weighted by Crippen LogP contribution is 2.30. The number of hydrogen-bond donors (Lipinski definition) is 1. The number of benzene rings is 1. The molecule has 1 aromatic rings. The molecule has 0 fully saturated rings. The summed E-state index contributed by atoms with van der Waals surface area (Å²) in [5, 5.41) is 10.5. The van der Waals surface area contributed by atoms with E-state index in [0.29, 0.717) is 6.61 Å². The van der Waals surface area contributed by atoms with Crippen LogP contribution in [0.1, 0.15) is 26.7 Å². The molecule has 4 nitrogen and oxygen atoms in total. The van der Waals surface area contributed by atoms with Gasteiger partial charge in [-0.2, -0.15) is 0 Å². The van der Waals surface area contributed by atoms with Crippen molar-refractivity contribution in [2.24, 2.45) is 0 Å². The topological polar surface area (TPSA) is 55.8 Å². The fraction of sp³-hybridized carbons (Fsp3) is 0.500. The van der Waals surface area contributed by atoms with Gasteiger partial charge in [-0.05, 0) is 13.3 Å². The molecule has 0 aromatic heterocycles. The molecule has 1 rings (SSSR count). The van der Waals surface area contributed by atoms with Gasteiger partial charge in [0.15, 0.2) is 0 Å². The van der Waals surface area contributed by atoms with E-state index >= 15 is 0 Å². The molecule has 0 heterocycles. The Kier molecular flexibility index (Phi) is 8.23. The van der Waals surface area contributed by atoms with Crippen LogP contribution in [-0.2, 0) is 14.4 Å². The van der Waals surface area contributed by atoms with Gasteiger partial charge in [-0.1, -0.05) is 74.1 Å². The third kappa shape index (κ3) is 5.30. The summed E-state index contributed by atoms with van der Waals surface area (Å²) < 4.78 is 5.27. The van der Waals surface area contributed by atoms with Gasteiger partial charge in [-0.15, -0.1) is 0 Å². The summed E-state index contributed by atoms with van der Waals surface area (Å²) in [5.41, 5.74) is -0.511. The molecule has 0 saturated heterocycles. The van der Waals surface area contributed by atoms with Gasteiger partial charge in [0, 0.05) is 0 Å². The van der Waals surface area contributed by atoms with Crippen LogP contribution in [0.3, 0.4) is 0 Å². The van der Waals surface area contributed by atoms with Crippen LogP contribution in [0.5, 0.6) is 0 Å². The molecule has 1 aromatic carbocycles. The monoisotopic (exact) mass is 336 g/mol. The lowest BCUT2D eigenvalue weighted by atomic mass is 10.2. The van der Waals surface area contributed by atoms with E-state index in [2.05, 4.69) is 24.9 Å². The van der Waals surface area contributed by atoms with Gasteiger partial charge in [0.2, 0.25) is 0 Å². The van der Waals surface area contributed by atoms with E-state index in [-0.39, 0.29) is 5.97 Å². The van der Waals surface area contributed by atoms with Crippen molar-refractivity contribution >= 4 is 19.2 Å². The Bertz CT molecular complexity index is 499. The highest BCUT2D eigenvalue weighted by atomic mass is 28.3. The molecule has 0 bridgehead atoms. The van der Waals surface area contributed by atoms with Crippen LogP contribution >= 0.6 is 0 Å². The zero-order valence-electron chi connectivity index (χ0n) is 14.5. The minimum Gasteiger partial charge on any atom is -0.466 e. The van der Waals surface area contributed by atoms with Gasteiger partial charge in [0.25, 0.3) is 0 Å². The molecule has 0 amide bonds. The maximum absolute atomic E-state index is 12.6. The van der Waals surface area contributed by atoms with Crippen molar-refractivity contribution in [3.05, 3.63) is 42.5 Å². The van der Waals surface area contributed by atoms with Crippen LogP contribution in [-0.4, -0.2) is 32.0 Å². The maximum atomic E-state index is 12.6. The normalized spacial score (nSPS) is 14.7. The fourth-order valence-electron chi connectivity index (χ4n) is 2.72. The van der Waals surface area contributed by atoms with E-state index < -0.39 is 19.7 Å². The Morgan fingerprint density at radius 2 is 1.91 bits per heavy atom. The minimum absolute atomic E-state index is 0.311. The number of carbonyl (C=O) groups excluding carboxylic acids is 1. The first kappa shape index (κ1) is 19.6. The molecule has 128 valence electrons. The Morgan fingerprint density at radius 1 is 1.26 bits per heavy atom. The van der Waals surface area contributed by atoms with Crippen molar-refractivity contribution in [1.29, 1.82) is 0 Å². The summed E-state index contributed by atoms with van der Waals surface area (Å²) >= 11 is 0. The molecule has 0 aliphatic rings. The Hall–Kier alpha value is -1.43. The predicted octanol–water partition coefficient (Wildman–Crippen LogP) is 3.75. The van der Waals surface area contributed by atoms with Crippen molar-refractivity contribution in [3.63, 3.8) is 0 Å². The lowest BCUT2D eigenvalue weighted by Crippen LogP contribution is -2.53. The van der Waals surface area contributed by atoms with Gasteiger partial charge in [0.1, 0.15) is 14.2 Å². The number of ether oxygens (including phenoxy) is 1. The van der Waals surface area contributed by atoms with E-state index in [1.54, 1.807) is 13.0 Å². The van der Waals surface area contributed by atoms with Crippen molar-refractivity contribution in [2.75, 3.05) is 6.61 Å². The van der Waals surface area contributed by atoms with Gasteiger partial charge in [-0.3, -0.25) is 10.1 Å². The quantitative estimate of drug-likeness (QED) is 0.245. The highest BCUT2D eigenvalue weighted by molar-refractivity contribution is 6.93. The molecule has 23 heavy (non-hydrogen) atoms. The molecule has 2 unspecified atom stereocenters. The number of hydrogen-bond acceptors (Lipinski definition) is 4. The van der Waals surface area contributed by atoms with Gasteiger partial charge < -0.3 is 4.74 Å². The average molecular weight is 337 g/mol. The van der Waals surface area contributed by atoms with Gasteiger partial charge in [-0.25, -0.2) is 4.89 Å². The molecule has 0 saturated carbocycles. The van der Waals surface area contributed by atoms with Crippen molar-refractivity contribution in [1.82, 2.24) is 0 Å². The molecule has 0 radical (unpaired) electrons. The molecule has 0 aliphatic carbocycles. The summed E-state index contributed by atoms with van der Waals surface area (Å²) in [4.78, 5) is 17.3. The lowest BCUT2D eigenvalue weighted by molar-refractivity contribution is -0.267. The van der Waals surface area contributed by atoms with E-state index in [4.69, 9.17) is 4.74 Å². The molecule has 2 atom stereocenters. The smallest absolute Gasteiger partial charge is 0.309 e. The molecule has 5 heteroatoms. The predicted molar refractivity (Wildman–Crippen MR) is 95.5 cm³/mol. The standard InChI is InChI=1S/C18H28O4Si/c1-5-7-9-14-16(22-20)17(18(19)21-6-2)23(3,4)15-12-10-8-11-13-15/h8-14,16-17,20H,5-7H2,1-4H3/b14-9+. The van der Waals surface area contributed by atoms with Crippen LogP contribution in [0.25, 0.3) is 0 Å². The number of carbonyl (C=O) groups is 1. The second-order valence-electron chi connectivity index (χ2n) is 6.10. The molecule has 1 N–H and O–H groups in total. The van der Waals surface area contributed by atoms with Gasteiger partial charge in [0.05, 0.1) is 12.1 Å². The maximum Gasteiger partial charge on any atom is 0.309 e. The summed E-state index contributed by atoms with van der Waals surface area (Å²) in [7, 11) is -2.26. The molecule has 0 spiro atoms. The highest BCUT2D eigenvalue weighted by Gasteiger charge is 2.45. The van der Waals surface area contributed by atoms with E-state index in [1.165, 1.54) is 0 Å². The Balaban J connectivity index is 3.20. The summed E-state index contributed by atoms with van der Waals surface area (Å²) in [6, 6.07) is 9.95. The van der Waals surface area contributed by atoms with Crippen LogP contribution < -0.4 is 5.19 Å². The summed E-state index contributed by atoms with van der Waals surface area (Å²) in [6.45, 7) is 8.37.